The number of hydrogen-bond acceptors (Lipinski definition) is 2. The molecule has 0 saturated heterocycles. The van der Waals surface area contributed by atoms with E-state index in [1.165, 1.54) is 0 Å². The second kappa shape index (κ2) is 6.60. The van der Waals surface area contributed by atoms with Gasteiger partial charge in [0.1, 0.15) is 5.41 Å². The first-order valence-electron chi connectivity index (χ1n) is 9.01. The third-order valence-corrected chi connectivity index (χ3v) is 5.18. The average molecular weight is 350 g/mol. The van der Waals surface area contributed by atoms with Crippen LogP contribution in [0.3, 0.4) is 0 Å². The molecule has 0 radical (unpaired) electrons. The van der Waals surface area contributed by atoms with Gasteiger partial charge in [-0.05, 0) is 75.8 Å². The Morgan fingerprint density at radius 2 is 1.35 bits per heavy atom. The number of carbonyl (C=O) groups is 2. The van der Waals surface area contributed by atoms with Crippen molar-refractivity contribution in [3.05, 3.63) is 58.1 Å². The van der Waals surface area contributed by atoms with Gasteiger partial charge < -0.3 is 10.6 Å². The van der Waals surface area contributed by atoms with Crippen LogP contribution >= 0.6 is 0 Å². The van der Waals surface area contributed by atoms with Crippen LogP contribution in [0, 0.1) is 40.0 Å². The van der Waals surface area contributed by atoms with Crippen molar-refractivity contribution in [3.63, 3.8) is 0 Å². The molecule has 0 aliphatic heterocycles. The number of aryl methyl sites for hydroxylation is 5. The highest BCUT2D eigenvalue weighted by Gasteiger charge is 2.56. The zero-order chi connectivity index (χ0) is 19.1. The Morgan fingerprint density at radius 3 is 1.92 bits per heavy atom. The molecule has 3 rings (SSSR count). The lowest BCUT2D eigenvalue weighted by Gasteiger charge is -2.19. The average Bonchev–Trinajstić information content (AvgIpc) is 3.36. The summed E-state index contributed by atoms with van der Waals surface area (Å²) in [4.78, 5) is 25.7. The molecule has 1 fully saturated rings. The maximum Gasteiger partial charge on any atom is 0.240 e. The molecular formula is C22H26N2O2. The molecule has 2 amide bonds. The van der Waals surface area contributed by atoms with Gasteiger partial charge in [-0.25, -0.2) is 0 Å². The second-order valence-electron chi connectivity index (χ2n) is 7.58. The van der Waals surface area contributed by atoms with Gasteiger partial charge in [-0.15, -0.1) is 0 Å². The van der Waals surface area contributed by atoms with Crippen LogP contribution in [-0.4, -0.2) is 11.8 Å². The number of carbonyl (C=O) groups excluding carboxylic acids is 2. The summed E-state index contributed by atoms with van der Waals surface area (Å²) in [5.74, 6) is -0.429. The van der Waals surface area contributed by atoms with E-state index in [9.17, 15) is 9.59 Å². The summed E-state index contributed by atoms with van der Waals surface area (Å²) < 4.78 is 0. The number of amides is 2. The topological polar surface area (TPSA) is 58.2 Å². The number of anilines is 2. The van der Waals surface area contributed by atoms with Crippen LogP contribution < -0.4 is 10.6 Å². The molecule has 1 aliphatic carbocycles. The van der Waals surface area contributed by atoms with E-state index < -0.39 is 5.41 Å². The highest BCUT2D eigenvalue weighted by molar-refractivity contribution is 6.17. The minimum atomic E-state index is -0.958. The van der Waals surface area contributed by atoms with Crippen LogP contribution in [0.4, 0.5) is 11.4 Å². The molecule has 0 unspecified atom stereocenters. The van der Waals surface area contributed by atoms with E-state index in [0.29, 0.717) is 12.8 Å². The molecule has 4 nitrogen and oxygen atoms in total. The Labute approximate surface area is 155 Å². The molecular weight excluding hydrogens is 324 g/mol. The molecule has 0 atom stereocenters. The van der Waals surface area contributed by atoms with E-state index in [1.54, 1.807) is 0 Å². The summed E-state index contributed by atoms with van der Waals surface area (Å²) in [6.45, 7) is 9.92. The molecule has 0 spiro atoms. The van der Waals surface area contributed by atoms with Crippen LogP contribution in [0.15, 0.2) is 30.3 Å². The minimum Gasteiger partial charge on any atom is -0.325 e. The van der Waals surface area contributed by atoms with E-state index in [4.69, 9.17) is 0 Å². The van der Waals surface area contributed by atoms with Gasteiger partial charge in [0.25, 0.3) is 0 Å². The summed E-state index contributed by atoms with van der Waals surface area (Å²) in [6.07, 6.45) is 1.17. The van der Waals surface area contributed by atoms with Gasteiger partial charge in [0.2, 0.25) is 11.8 Å². The standard InChI is InChI=1S/C22H26N2O2/c1-13-6-7-15(3)18(12-13)23-20(25)22(8-9-22)21(26)24-19-16(4)10-14(2)11-17(19)5/h6-7,10-12H,8-9H2,1-5H3,(H,23,25)(H,24,26). The highest BCUT2D eigenvalue weighted by atomic mass is 16.2. The first-order valence-corrected chi connectivity index (χ1v) is 9.01. The molecule has 2 N–H and O–H groups in total. The maximum absolute atomic E-state index is 12.9. The van der Waals surface area contributed by atoms with Crippen molar-refractivity contribution < 1.29 is 9.59 Å². The molecule has 2 aromatic rings. The lowest BCUT2D eigenvalue weighted by atomic mass is 10.0. The zero-order valence-electron chi connectivity index (χ0n) is 16.1. The predicted octanol–water partition coefficient (Wildman–Crippen LogP) is 4.59. The predicted molar refractivity (Wildman–Crippen MR) is 105 cm³/mol. The fourth-order valence-electron chi connectivity index (χ4n) is 3.41. The first-order chi connectivity index (χ1) is 12.2. The molecule has 2 aromatic carbocycles. The second-order valence-corrected chi connectivity index (χ2v) is 7.58. The summed E-state index contributed by atoms with van der Waals surface area (Å²) in [7, 11) is 0. The van der Waals surface area contributed by atoms with E-state index in [2.05, 4.69) is 10.6 Å². The molecule has 0 aromatic heterocycles. The van der Waals surface area contributed by atoms with Crippen molar-refractivity contribution in [1.82, 2.24) is 0 Å². The summed E-state index contributed by atoms with van der Waals surface area (Å²) >= 11 is 0. The molecule has 0 heterocycles. The normalized spacial score (nSPS) is 14.7. The van der Waals surface area contributed by atoms with Gasteiger partial charge in [0.15, 0.2) is 0 Å². The highest BCUT2D eigenvalue weighted by Crippen LogP contribution is 2.48. The molecule has 1 aliphatic rings. The van der Waals surface area contributed by atoms with Gasteiger partial charge in [-0.3, -0.25) is 9.59 Å². The Hall–Kier alpha value is -2.62. The molecule has 1 saturated carbocycles. The van der Waals surface area contributed by atoms with E-state index in [1.807, 2.05) is 65.0 Å². The molecule has 0 bridgehead atoms. The van der Waals surface area contributed by atoms with Crippen LogP contribution in [0.2, 0.25) is 0 Å². The first kappa shape index (κ1) is 18.2. The minimum absolute atomic E-state index is 0.213. The Bertz CT molecular complexity index is 872. The SMILES string of the molecule is Cc1cc(C)c(NC(=O)C2(C(=O)Nc3cc(C)ccc3C)CC2)c(C)c1. The largest absolute Gasteiger partial charge is 0.325 e. The number of hydrogen-bond donors (Lipinski definition) is 2. The van der Waals surface area contributed by atoms with Crippen molar-refractivity contribution in [2.45, 2.75) is 47.5 Å². The zero-order valence-corrected chi connectivity index (χ0v) is 16.1. The lowest BCUT2D eigenvalue weighted by molar-refractivity contribution is -0.131. The Balaban J connectivity index is 1.79. The fourth-order valence-corrected chi connectivity index (χ4v) is 3.41. The van der Waals surface area contributed by atoms with Crippen molar-refractivity contribution in [2.75, 3.05) is 10.6 Å². The van der Waals surface area contributed by atoms with Crippen molar-refractivity contribution >= 4 is 23.2 Å². The van der Waals surface area contributed by atoms with E-state index in [-0.39, 0.29) is 11.8 Å². The maximum atomic E-state index is 12.9. The lowest BCUT2D eigenvalue weighted by Crippen LogP contribution is -2.36. The third kappa shape index (κ3) is 3.36. The summed E-state index contributed by atoms with van der Waals surface area (Å²) in [5.41, 5.74) is 5.88. The number of nitrogens with one attached hydrogen (secondary N) is 2. The molecule has 26 heavy (non-hydrogen) atoms. The Morgan fingerprint density at radius 1 is 0.769 bits per heavy atom. The van der Waals surface area contributed by atoms with Crippen molar-refractivity contribution in [3.8, 4) is 0 Å². The third-order valence-electron chi connectivity index (χ3n) is 5.18. The summed E-state index contributed by atoms with van der Waals surface area (Å²) in [6, 6.07) is 10.0. The van der Waals surface area contributed by atoms with Crippen LogP contribution in [-0.2, 0) is 9.59 Å². The van der Waals surface area contributed by atoms with Crippen LogP contribution in [0.1, 0.15) is 40.7 Å². The number of benzene rings is 2. The number of rotatable bonds is 4. The van der Waals surface area contributed by atoms with E-state index in [0.717, 1.165) is 39.2 Å². The molecule has 136 valence electrons. The van der Waals surface area contributed by atoms with Crippen molar-refractivity contribution in [1.29, 1.82) is 0 Å². The van der Waals surface area contributed by atoms with Gasteiger partial charge >= 0.3 is 0 Å². The molecule has 4 heteroatoms. The van der Waals surface area contributed by atoms with Gasteiger partial charge in [0.05, 0.1) is 0 Å². The fraction of sp³-hybridized carbons (Fsp3) is 0.364. The van der Waals surface area contributed by atoms with Crippen molar-refractivity contribution in [2.24, 2.45) is 5.41 Å². The summed E-state index contributed by atoms with van der Waals surface area (Å²) in [5, 5.41) is 5.96. The van der Waals surface area contributed by atoms with Gasteiger partial charge in [-0.2, -0.15) is 0 Å². The van der Waals surface area contributed by atoms with E-state index >= 15 is 0 Å². The smallest absolute Gasteiger partial charge is 0.240 e. The van der Waals surface area contributed by atoms with Gasteiger partial charge in [0, 0.05) is 11.4 Å². The quantitative estimate of drug-likeness (QED) is 0.793. The van der Waals surface area contributed by atoms with Gasteiger partial charge in [-0.1, -0.05) is 29.8 Å². The van der Waals surface area contributed by atoms with Crippen LogP contribution in [0.5, 0.6) is 0 Å². The monoisotopic (exact) mass is 350 g/mol. The van der Waals surface area contributed by atoms with Crippen LogP contribution in [0.25, 0.3) is 0 Å². The Kier molecular flexibility index (Phi) is 4.61.